The lowest BCUT2D eigenvalue weighted by atomic mass is 9.64. The number of hydrogen-bond acceptors (Lipinski definition) is 3. The van der Waals surface area contributed by atoms with Gasteiger partial charge in [-0.2, -0.15) is 0 Å². The lowest BCUT2D eigenvalue weighted by molar-refractivity contribution is -0.112. The molecule has 0 N–H and O–H groups in total. The van der Waals surface area contributed by atoms with Crippen molar-refractivity contribution >= 4 is 28.2 Å². The summed E-state index contributed by atoms with van der Waals surface area (Å²) in [5.41, 5.74) is 3.48. The molecule has 1 aliphatic heterocycles. The fourth-order valence-electron chi connectivity index (χ4n) is 4.63. The van der Waals surface area contributed by atoms with Gasteiger partial charge in [-0.15, -0.1) is 11.8 Å². The van der Waals surface area contributed by atoms with Crippen molar-refractivity contribution in [3.8, 4) is 0 Å². The van der Waals surface area contributed by atoms with Gasteiger partial charge in [0.2, 0.25) is 11.6 Å². The predicted octanol–water partition coefficient (Wildman–Crippen LogP) is 5.28. The van der Waals surface area contributed by atoms with Crippen LogP contribution in [0.25, 0.3) is 4.91 Å². The Balaban J connectivity index is 1.90. The number of carbonyl (C=O) groups excluding carboxylic acids is 2. The Labute approximate surface area is 168 Å². The van der Waals surface area contributed by atoms with Crippen molar-refractivity contribution in [2.75, 3.05) is 0 Å². The molecule has 0 bridgehead atoms. The molecule has 0 spiro atoms. The summed E-state index contributed by atoms with van der Waals surface area (Å²) in [6.45, 7) is 2.16. The van der Waals surface area contributed by atoms with Crippen molar-refractivity contribution < 1.29 is 9.59 Å². The van der Waals surface area contributed by atoms with E-state index in [9.17, 15) is 9.59 Å². The van der Waals surface area contributed by atoms with Crippen LogP contribution in [-0.2, 0) is 10.2 Å². The van der Waals surface area contributed by atoms with E-state index in [2.05, 4.69) is 31.2 Å². The molecule has 2 nitrogen and oxygen atoms in total. The van der Waals surface area contributed by atoms with Crippen LogP contribution in [0.1, 0.15) is 34.0 Å². The number of ketones is 2. The van der Waals surface area contributed by atoms with Crippen LogP contribution in [-0.4, -0.2) is 16.8 Å². The van der Waals surface area contributed by atoms with Crippen LogP contribution >= 0.6 is 11.8 Å². The van der Waals surface area contributed by atoms with Gasteiger partial charge in [-0.3, -0.25) is 9.59 Å². The molecule has 0 radical (unpaired) electrons. The third-order valence-corrected chi connectivity index (χ3v) is 7.20. The van der Waals surface area contributed by atoms with Crippen molar-refractivity contribution in [3.05, 3.63) is 113 Å². The van der Waals surface area contributed by atoms with E-state index < -0.39 is 11.2 Å². The van der Waals surface area contributed by atoms with Crippen LogP contribution in [0, 0.1) is 0 Å². The molecule has 0 aromatic heterocycles. The van der Waals surface area contributed by atoms with Crippen molar-refractivity contribution in [2.45, 2.75) is 17.6 Å². The van der Waals surface area contributed by atoms with Gasteiger partial charge in [0.15, 0.2) is 0 Å². The number of fused-ring (bicyclic) bond motifs is 2. The van der Waals surface area contributed by atoms with Gasteiger partial charge in [0, 0.05) is 21.3 Å². The summed E-state index contributed by atoms with van der Waals surface area (Å²) in [6.07, 6.45) is 0. The number of hydrogen-bond donors (Lipinski definition) is 0. The third-order valence-electron chi connectivity index (χ3n) is 5.83. The van der Waals surface area contributed by atoms with Gasteiger partial charge in [0.1, 0.15) is 0 Å². The molecule has 3 aromatic carbocycles. The summed E-state index contributed by atoms with van der Waals surface area (Å²) in [6, 6.07) is 27.7. The maximum Gasteiger partial charge on any atom is 0.233 e. The van der Waals surface area contributed by atoms with Crippen molar-refractivity contribution in [3.63, 3.8) is 0 Å². The molecule has 5 rings (SSSR count). The van der Waals surface area contributed by atoms with Crippen LogP contribution in [0.5, 0.6) is 0 Å². The third kappa shape index (κ3) is 2.17. The van der Waals surface area contributed by atoms with Gasteiger partial charge >= 0.3 is 0 Å². The second kappa shape index (κ2) is 6.32. The van der Waals surface area contributed by atoms with Gasteiger partial charge in [0.25, 0.3) is 0 Å². The van der Waals surface area contributed by atoms with E-state index in [4.69, 9.17) is 0 Å². The number of benzene rings is 3. The van der Waals surface area contributed by atoms with Crippen molar-refractivity contribution in [2.24, 2.45) is 0 Å². The quantitative estimate of drug-likeness (QED) is 0.565. The second-order valence-corrected chi connectivity index (χ2v) is 8.56. The molecule has 0 fully saturated rings. The van der Waals surface area contributed by atoms with E-state index in [1.807, 2.05) is 54.6 Å². The second-order valence-electron chi connectivity index (χ2n) is 7.21. The van der Waals surface area contributed by atoms with Crippen molar-refractivity contribution in [1.29, 1.82) is 0 Å². The summed E-state index contributed by atoms with van der Waals surface area (Å²) in [5, 5.41) is 0.0743. The molecule has 1 unspecified atom stereocenters. The number of rotatable bonds is 2. The van der Waals surface area contributed by atoms with E-state index >= 15 is 0 Å². The summed E-state index contributed by atoms with van der Waals surface area (Å²) in [7, 11) is 0. The normalized spacial score (nSPS) is 20.1. The van der Waals surface area contributed by atoms with E-state index in [-0.39, 0.29) is 11.0 Å². The number of thioether (sulfide) groups is 1. The highest BCUT2D eigenvalue weighted by atomic mass is 32.2. The molecule has 3 aromatic rings. The van der Waals surface area contributed by atoms with E-state index in [0.717, 1.165) is 21.6 Å². The van der Waals surface area contributed by atoms with Crippen LogP contribution in [0.3, 0.4) is 0 Å². The predicted molar refractivity (Wildman–Crippen MR) is 113 cm³/mol. The van der Waals surface area contributed by atoms with Crippen LogP contribution in [0.15, 0.2) is 90.5 Å². The molecule has 136 valence electrons. The van der Waals surface area contributed by atoms with Gasteiger partial charge in [0.05, 0.1) is 5.41 Å². The molecule has 2 aliphatic rings. The molecule has 3 heteroatoms. The molecule has 28 heavy (non-hydrogen) atoms. The molecule has 0 saturated carbocycles. The molecular weight excluding hydrogens is 364 g/mol. The van der Waals surface area contributed by atoms with E-state index in [1.54, 1.807) is 17.8 Å². The summed E-state index contributed by atoms with van der Waals surface area (Å²) in [4.78, 5) is 27.4. The lowest BCUT2D eigenvalue weighted by Crippen LogP contribution is -2.41. The van der Waals surface area contributed by atoms with Gasteiger partial charge < -0.3 is 0 Å². The van der Waals surface area contributed by atoms with Gasteiger partial charge in [-0.25, -0.2) is 0 Å². The Kier molecular flexibility index (Phi) is 3.88. The van der Waals surface area contributed by atoms with Gasteiger partial charge in [-0.1, -0.05) is 91.9 Å². The van der Waals surface area contributed by atoms with E-state index in [1.165, 1.54) is 0 Å². The first-order valence-electron chi connectivity index (χ1n) is 9.36. The zero-order chi connectivity index (χ0) is 19.3. The maximum absolute atomic E-state index is 13.5. The average molecular weight is 382 g/mol. The number of Topliss-reactive ketones (excluding diaryl/α,β-unsaturated/α-hetero) is 2. The highest BCUT2D eigenvalue weighted by Crippen LogP contribution is 2.60. The highest BCUT2D eigenvalue weighted by molar-refractivity contribution is 8.09. The molecule has 1 atom stereocenters. The first-order valence-corrected chi connectivity index (χ1v) is 10.2. The Morgan fingerprint density at radius 3 is 1.75 bits per heavy atom. The van der Waals surface area contributed by atoms with Crippen LogP contribution < -0.4 is 0 Å². The first-order chi connectivity index (χ1) is 13.7. The zero-order valence-electron chi connectivity index (χ0n) is 15.4. The fourth-order valence-corrected chi connectivity index (χ4v) is 6.23. The maximum atomic E-state index is 13.5. The average Bonchev–Trinajstić information content (AvgIpc) is 3.07. The van der Waals surface area contributed by atoms with Crippen molar-refractivity contribution in [1.82, 2.24) is 0 Å². The minimum Gasteiger partial charge on any atom is -0.285 e. The lowest BCUT2D eigenvalue weighted by Gasteiger charge is -2.37. The smallest absolute Gasteiger partial charge is 0.233 e. The first kappa shape index (κ1) is 17.2. The summed E-state index contributed by atoms with van der Waals surface area (Å²) >= 11 is 1.70. The van der Waals surface area contributed by atoms with Gasteiger partial charge in [-0.05, 0) is 16.7 Å². The fraction of sp³-hybridized carbons (Fsp3) is 0.120. The standard InChI is InChI=1S/C25H18O2S/c1-16-25(17-10-4-2-5-11-17,18-12-6-3-7-13-18)21-23(27)22(26)19-14-8-9-15-20(19)24(21)28-16/h2-16H,1H3. The number of carbonyl (C=O) groups is 2. The summed E-state index contributed by atoms with van der Waals surface area (Å²) in [5.74, 6) is -0.779. The monoisotopic (exact) mass is 382 g/mol. The SMILES string of the molecule is CC1SC2=C(C(=O)C(=O)c3ccccc32)C1(c1ccccc1)c1ccccc1. The number of allylic oxidation sites excluding steroid dienone is 1. The molecule has 1 aliphatic carbocycles. The molecule has 0 saturated heterocycles. The van der Waals surface area contributed by atoms with Crippen LogP contribution in [0.4, 0.5) is 0 Å². The molecular formula is C25H18O2S. The summed E-state index contributed by atoms with van der Waals surface area (Å²) < 4.78 is 0. The minimum absolute atomic E-state index is 0.0743. The largest absolute Gasteiger partial charge is 0.285 e. The zero-order valence-corrected chi connectivity index (χ0v) is 16.2. The minimum atomic E-state index is -0.650. The Hall–Kier alpha value is -2.91. The highest BCUT2D eigenvalue weighted by Gasteiger charge is 2.55. The topological polar surface area (TPSA) is 34.1 Å². The molecule has 0 amide bonds. The van der Waals surface area contributed by atoms with Crippen LogP contribution in [0.2, 0.25) is 0 Å². The molecule has 1 heterocycles. The Morgan fingerprint density at radius 2 is 1.18 bits per heavy atom. The Bertz CT molecular complexity index is 1090. The Morgan fingerprint density at radius 1 is 0.679 bits per heavy atom. The van der Waals surface area contributed by atoms with E-state index in [0.29, 0.717) is 11.1 Å².